The van der Waals surface area contributed by atoms with Crippen LogP contribution in [0.5, 0.6) is 0 Å². The fourth-order valence-corrected chi connectivity index (χ4v) is 9.60. The van der Waals surface area contributed by atoms with Crippen LogP contribution in [0.2, 0.25) is 13.1 Å². The summed E-state index contributed by atoms with van der Waals surface area (Å²) in [6.07, 6.45) is 0. The first-order valence-corrected chi connectivity index (χ1v) is 17.0. The maximum atomic E-state index is 2.53. The van der Waals surface area contributed by atoms with Gasteiger partial charge in [0, 0.05) is 5.41 Å². The molecule has 0 spiro atoms. The Labute approximate surface area is 234 Å². The first kappa shape index (κ1) is 25.3. The summed E-state index contributed by atoms with van der Waals surface area (Å²) >= 11 is 0. The number of hydrogen-bond donors (Lipinski definition) is 0. The van der Waals surface area contributed by atoms with Crippen molar-refractivity contribution in [2.24, 2.45) is 0 Å². The molecule has 0 N–H and O–H groups in total. The van der Waals surface area contributed by atoms with E-state index in [2.05, 4.69) is 161 Å². The Hall–Kier alpha value is -3.94. The minimum Gasteiger partial charge on any atom is -0.0708 e. The zero-order chi connectivity index (χ0) is 27.2. The van der Waals surface area contributed by atoms with Crippen molar-refractivity contribution in [1.29, 1.82) is 0 Å². The minimum absolute atomic E-state index is 0.170. The second-order valence-electron chi connectivity index (χ2n) is 11.9. The normalized spacial score (nSPS) is 14.4. The number of allylic oxidation sites excluding steroid dienone is 1. The molecule has 1 heteroatoms. The zero-order valence-corrected chi connectivity index (χ0v) is 24.6. The molecule has 0 aromatic heterocycles. The zero-order valence-electron chi connectivity index (χ0n) is 23.6. The monoisotopic (exact) mass is 520 g/mol. The molecule has 1 aliphatic heterocycles. The highest BCUT2D eigenvalue weighted by Gasteiger charge is 2.42. The predicted octanol–water partition coefficient (Wildman–Crippen LogP) is 9.64. The minimum atomic E-state index is -1.87. The molecule has 5 aromatic carbocycles. The van der Waals surface area contributed by atoms with Crippen LogP contribution in [0.15, 0.2) is 133 Å². The molecule has 39 heavy (non-hydrogen) atoms. The molecule has 0 amide bonds. The van der Waals surface area contributed by atoms with Gasteiger partial charge in [-0.3, -0.25) is 0 Å². The van der Waals surface area contributed by atoms with Crippen LogP contribution >= 0.6 is 0 Å². The third kappa shape index (κ3) is 4.32. The van der Waals surface area contributed by atoms with Gasteiger partial charge in [0.15, 0.2) is 0 Å². The lowest BCUT2D eigenvalue weighted by Crippen LogP contribution is -2.46. The maximum Gasteiger partial charge on any atom is 0.109 e. The van der Waals surface area contributed by atoms with Gasteiger partial charge < -0.3 is 0 Å². The molecule has 0 saturated heterocycles. The highest BCUT2D eigenvalue weighted by molar-refractivity contribution is 6.98. The molecule has 0 fully saturated rings. The molecule has 192 valence electrons. The molecule has 0 radical (unpaired) electrons. The summed E-state index contributed by atoms with van der Waals surface area (Å²) in [6, 6.07) is 46.8. The quantitative estimate of drug-likeness (QED) is 0.202. The second kappa shape index (κ2) is 9.66. The fourth-order valence-electron chi connectivity index (χ4n) is 6.37. The van der Waals surface area contributed by atoms with E-state index in [0.29, 0.717) is 0 Å². The van der Waals surface area contributed by atoms with Crippen LogP contribution in [-0.2, 0) is 5.41 Å². The average molecular weight is 521 g/mol. The topological polar surface area (TPSA) is 0 Å². The summed E-state index contributed by atoms with van der Waals surface area (Å²) in [5.74, 6) is 0. The third-order valence-corrected chi connectivity index (χ3v) is 12.8. The number of fused-ring (bicyclic) bond motifs is 1. The van der Waals surface area contributed by atoms with Gasteiger partial charge in [-0.05, 0) is 68.3 Å². The van der Waals surface area contributed by atoms with Crippen LogP contribution in [0.3, 0.4) is 0 Å². The fraction of sp³-hybridized carbons (Fsp3) is 0.158. The number of benzene rings is 5. The van der Waals surface area contributed by atoms with Crippen molar-refractivity contribution in [1.82, 2.24) is 0 Å². The summed E-state index contributed by atoms with van der Waals surface area (Å²) in [5.41, 5.74) is 11.9. The summed E-state index contributed by atoms with van der Waals surface area (Å²) < 4.78 is 0. The number of rotatable bonds is 5. The van der Waals surface area contributed by atoms with E-state index in [4.69, 9.17) is 0 Å². The van der Waals surface area contributed by atoms with Crippen molar-refractivity contribution in [2.75, 3.05) is 0 Å². The molecule has 5 aromatic rings. The van der Waals surface area contributed by atoms with Crippen molar-refractivity contribution in [3.05, 3.63) is 155 Å². The van der Waals surface area contributed by atoms with Crippen molar-refractivity contribution in [2.45, 2.75) is 39.3 Å². The van der Waals surface area contributed by atoms with E-state index in [9.17, 15) is 0 Å². The van der Waals surface area contributed by atoms with Gasteiger partial charge in [-0.25, -0.2) is 0 Å². The molecule has 0 unspecified atom stereocenters. The largest absolute Gasteiger partial charge is 0.109 e. The maximum absolute atomic E-state index is 2.53. The molecule has 1 heterocycles. The van der Waals surface area contributed by atoms with E-state index in [1.807, 2.05) is 0 Å². The van der Waals surface area contributed by atoms with Gasteiger partial charge >= 0.3 is 0 Å². The van der Waals surface area contributed by atoms with Gasteiger partial charge in [-0.1, -0.05) is 153 Å². The van der Waals surface area contributed by atoms with E-state index in [-0.39, 0.29) is 5.41 Å². The Kier molecular flexibility index (Phi) is 6.28. The van der Waals surface area contributed by atoms with Gasteiger partial charge in [0.05, 0.1) is 0 Å². The van der Waals surface area contributed by atoms with Crippen LogP contribution < -0.4 is 5.19 Å². The predicted molar refractivity (Wildman–Crippen MR) is 171 cm³/mol. The molecule has 0 atom stereocenters. The Bertz CT molecular complexity index is 1620. The average Bonchev–Trinajstić information content (AvgIpc) is 3.18. The lowest BCUT2D eigenvalue weighted by atomic mass is 9.75. The van der Waals surface area contributed by atoms with Crippen molar-refractivity contribution < 1.29 is 0 Å². The van der Waals surface area contributed by atoms with E-state index >= 15 is 0 Å². The lowest BCUT2D eigenvalue weighted by molar-refractivity contribution is 0.645. The molecule has 1 aliphatic rings. The van der Waals surface area contributed by atoms with Gasteiger partial charge in [0.1, 0.15) is 8.07 Å². The second-order valence-corrected chi connectivity index (χ2v) is 16.4. The van der Waals surface area contributed by atoms with Crippen molar-refractivity contribution in [3.8, 4) is 22.3 Å². The van der Waals surface area contributed by atoms with Gasteiger partial charge in [0.25, 0.3) is 0 Å². The standard InChI is InChI=1S/C38H36Si/c1-27-36(30-20-13-8-14-21-30)34-22-15-23-35(37(34)39(27,4)5)38(2,3)33-25-31(28-16-9-6-10-17-28)24-32(26-33)29-18-11-7-12-19-29/h6-26H,1-5H3. The third-order valence-electron chi connectivity index (χ3n) is 8.88. The highest BCUT2D eigenvalue weighted by Crippen LogP contribution is 2.43. The van der Waals surface area contributed by atoms with Crippen LogP contribution in [0.4, 0.5) is 0 Å². The van der Waals surface area contributed by atoms with Crippen molar-refractivity contribution in [3.63, 3.8) is 0 Å². The molecular weight excluding hydrogens is 485 g/mol. The Balaban J connectivity index is 1.56. The van der Waals surface area contributed by atoms with Crippen LogP contribution in [0.1, 0.15) is 43.0 Å². The van der Waals surface area contributed by atoms with Gasteiger partial charge in [0.2, 0.25) is 0 Å². The lowest BCUT2D eigenvalue weighted by Gasteiger charge is -2.33. The van der Waals surface area contributed by atoms with Crippen molar-refractivity contribution >= 4 is 18.8 Å². The Morgan fingerprint density at radius 3 is 1.51 bits per heavy atom. The molecular formula is C38H36Si. The SMILES string of the molecule is CC1=C(c2ccccc2)c2cccc(C(C)(C)c3cc(-c4ccccc4)cc(-c4ccccc4)c3)c2[Si]1(C)C. The smallest absolute Gasteiger partial charge is 0.0708 e. The van der Waals surface area contributed by atoms with Crippen LogP contribution in [-0.4, -0.2) is 8.07 Å². The highest BCUT2D eigenvalue weighted by atomic mass is 28.3. The Morgan fingerprint density at radius 1 is 0.513 bits per heavy atom. The van der Waals surface area contributed by atoms with E-state index < -0.39 is 8.07 Å². The van der Waals surface area contributed by atoms with Gasteiger partial charge in [-0.2, -0.15) is 0 Å². The molecule has 0 bridgehead atoms. The Morgan fingerprint density at radius 2 is 1.00 bits per heavy atom. The summed E-state index contributed by atoms with van der Waals surface area (Å²) in [7, 11) is -1.87. The molecule has 6 rings (SSSR count). The summed E-state index contributed by atoms with van der Waals surface area (Å²) in [4.78, 5) is 0. The summed E-state index contributed by atoms with van der Waals surface area (Å²) in [5, 5.41) is 3.17. The van der Waals surface area contributed by atoms with E-state index in [1.165, 1.54) is 50.1 Å². The first-order valence-electron chi connectivity index (χ1n) is 14.0. The van der Waals surface area contributed by atoms with E-state index in [0.717, 1.165) is 0 Å². The molecule has 0 aliphatic carbocycles. The summed E-state index contributed by atoms with van der Waals surface area (Å²) in [6.45, 7) is 12.3. The van der Waals surface area contributed by atoms with E-state index in [1.54, 1.807) is 10.4 Å². The molecule has 0 nitrogen and oxygen atoms in total. The first-order chi connectivity index (χ1) is 18.8. The van der Waals surface area contributed by atoms with Crippen LogP contribution in [0, 0.1) is 0 Å². The molecule has 0 saturated carbocycles. The number of hydrogen-bond acceptors (Lipinski definition) is 0. The van der Waals surface area contributed by atoms with Crippen LogP contribution in [0.25, 0.3) is 27.8 Å². The van der Waals surface area contributed by atoms with Gasteiger partial charge in [-0.15, -0.1) is 0 Å².